The number of thioether (sulfide) groups is 1. The van der Waals surface area contributed by atoms with E-state index in [1.165, 1.54) is 12.1 Å². The van der Waals surface area contributed by atoms with E-state index in [1.807, 2.05) is 0 Å². The van der Waals surface area contributed by atoms with Gasteiger partial charge in [-0.05, 0) is 12.1 Å². The SMILES string of the molecule is O=[N+]([O-])c1ccc(SCI)cc1. The first kappa shape index (κ1) is 9.79. The van der Waals surface area contributed by atoms with Crippen LogP contribution in [0.25, 0.3) is 0 Å². The topological polar surface area (TPSA) is 43.1 Å². The molecule has 0 aliphatic heterocycles. The Hall–Kier alpha value is -0.300. The lowest BCUT2D eigenvalue weighted by Crippen LogP contribution is -1.86. The largest absolute Gasteiger partial charge is 0.269 e. The molecule has 0 N–H and O–H groups in total. The molecule has 1 aromatic rings. The van der Waals surface area contributed by atoms with Crippen molar-refractivity contribution in [2.75, 3.05) is 3.76 Å². The van der Waals surface area contributed by atoms with Crippen LogP contribution < -0.4 is 0 Å². The van der Waals surface area contributed by atoms with Gasteiger partial charge in [-0.2, -0.15) is 0 Å². The van der Waals surface area contributed by atoms with Crippen LogP contribution in [0.2, 0.25) is 0 Å². The molecule has 3 nitrogen and oxygen atoms in total. The molecule has 1 aromatic carbocycles. The highest BCUT2D eigenvalue weighted by atomic mass is 127. The van der Waals surface area contributed by atoms with Gasteiger partial charge in [-0.3, -0.25) is 10.1 Å². The van der Waals surface area contributed by atoms with Crippen molar-refractivity contribution in [3.05, 3.63) is 34.4 Å². The summed E-state index contributed by atoms with van der Waals surface area (Å²) in [6, 6.07) is 6.58. The lowest BCUT2D eigenvalue weighted by atomic mass is 10.3. The van der Waals surface area contributed by atoms with Crippen molar-refractivity contribution in [2.24, 2.45) is 0 Å². The number of benzene rings is 1. The van der Waals surface area contributed by atoms with E-state index in [9.17, 15) is 10.1 Å². The zero-order chi connectivity index (χ0) is 8.97. The number of alkyl halides is 1. The summed E-state index contributed by atoms with van der Waals surface area (Å²) in [6.45, 7) is 0. The number of nitro benzene ring substituents is 1. The normalized spacial score (nSPS) is 9.75. The second kappa shape index (κ2) is 4.66. The highest BCUT2D eigenvalue weighted by molar-refractivity contribution is 14.1. The number of hydrogen-bond acceptors (Lipinski definition) is 3. The van der Waals surface area contributed by atoms with Crippen LogP contribution in [0, 0.1) is 10.1 Å². The minimum absolute atomic E-state index is 0.146. The average molecular weight is 295 g/mol. The van der Waals surface area contributed by atoms with Crippen molar-refractivity contribution in [1.82, 2.24) is 0 Å². The Kier molecular flexibility index (Phi) is 3.80. The Labute approximate surface area is 87.8 Å². The van der Waals surface area contributed by atoms with Crippen LogP contribution in [-0.2, 0) is 0 Å². The van der Waals surface area contributed by atoms with Crippen molar-refractivity contribution in [2.45, 2.75) is 4.90 Å². The fraction of sp³-hybridized carbons (Fsp3) is 0.143. The minimum Gasteiger partial charge on any atom is -0.258 e. The molecule has 0 saturated heterocycles. The molecule has 0 aliphatic carbocycles. The molecule has 0 fully saturated rings. The smallest absolute Gasteiger partial charge is 0.258 e. The minimum atomic E-state index is -0.390. The van der Waals surface area contributed by atoms with Crippen LogP contribution in [0.15, 0.2) is 29.2 Å². The van der Waals surface area contributed by atoms with Crippen LogP contribution in [0.4, 0.5) is 5.69 Å². The molecule has 0 saturated carbocycles. The predicted molar refractivity (Wildman–Crippen MR) is 57.8 cm³/mol. The summed E-state index contributed by atoms with van der Waals surface area (Å²) in [6.07, 6.45) is 0. The molecular weight excluding hydrogens is 289 g/mol. The van der Waals surface area contributed by atoms with Crippen molar-refractivity contribution in [1.29, 1.82) is 0 Å². The van der Waals surface area contributed by atoms with Gasteiger partial charge in [0.1, 0.15) is 0 Å². The van der Waals surface area contributed by atoms with E-state index in [-0.39, 0.29) is 5.69 Å². The lowest BCUT2D eigenvalue weighted by molar-refractivity contribution is -0.384. The van der Waals surface area contributed by atoms with E-state index >= 15 is 0 Å². The first-order valence-electron chi connectivity index (χ1n) is 3.17. The molecule has 0 spiro atoms. The molecule has 0 bridgehead atoms. The molecule has 0 aliphatic rings. The maximum absolute atomic E-state index is 10.3. The second-order valence-corrected chi connectivity index (χ2v) is 4.85. The van der Waals surface area contributed by atoms with Gasteiger partial charge < -0.3 is 0 Å². The van der Waals surface area contributed by atoms with Crippen LogP contribution in [0.1, 0.15) is 0 Å². The molecule has 0 atom stereocenters. The first-order valence-corrected chi connectivity index (χ1v) is 5.68. The molecule has 12 heavy (non-hydrogen) atoms. The molecule has 1 rings (SSSR count). The van der Waals surface area contributed by atoms with Gasteiger partial charge in [-0.15, -0.1) is 11.8 Å². The third kappa shape index (κ3) is 2.63. The second-order valence-electron chi connectivity index (χ2n) is 2.00. The van der Waals surface area contributed by atoms with Gasteiger partial charge in [0.2, 0.25) is 0 Å². The molecule has 0 unspecified atom stereocenters. The summed E-state index contributed by atoms with van der Waals surface area (Å²) < 4.78 is 0.954. The van der Waals surface area contributed by atoms with Crippen molar-refractivity contribution in [3.63, 3.8) is 0 Å². The summed E-state index contributed by atoms with van der Waals surface area (Å²) in [7, 11) is 0. The van der Waals surface area contributed by atoms with E-state index in [4.69, 9.17) is 0 Å². The first-order chi connectivity index (χ1) is 5.74. The van der Waals surface area contributed by atoms with Gasteiger partial charge in [0.05, 0.1) is 8.68 Å². The highest BCUT2D eigenvalue weighted by Gasteiger charge is 2.02. The third-order valence-electron chi connectivity index (χ3n) is 1.27. The van der Waals surface area contributed by atoms with E-state index < -0.39 is 4.92 Å². The zero-order valence-corrected chi connectivity index (χ0v) is 9.04. The number of halogens is 1. The van der Waals surface area contributed by atoms with E-state index in [2.05, 4.69) is 22.6 Å². The quantitative estimate of drug-likeness (QED) is 0.283. The molecule has 0 amide bonds. The van der Waals surface area contributed by atoms with Crippen LogP contribution in [0.3, 0.4) is 0 Å². The monoisotopic (exact) mass is 295 g/mol. The van der Waals surface area contributed by atoms with Gasteiger partial charge in [-0.25, -0.2) is 0 Å². The van der Waals surface area contributed by atoms with E-state index in [1.54, 1.807) is 23.9 Å². The molecule has 0 heterocycles. The van der Waals surface area contributed by atoms with E-state index in [0.29, 0.717) is 0 Å². The Morgan fingerprint density at radius 1 is 1.42 bits per heavy atom. The van der Waals surface area contributed by atoms with E-state index in [0.717, 1.165) is 8.66 Å². The highest BCUT2D eigenvalue weighted by Crippen LogP contribution is 2.22. The number of nitro groups is 1. The van der Waals surface area contributed by atoms with Crippen LogP contribution in [0.5, 0.6) is 0 Å². The Morgan fingerprint density at radius 2 is 2.00 bits per heavy atom. The maximum Gasteiger partial charge on any atom is 0.269 e. The van der Waals surface area contributed by atoms with Crippen molar-refractivity contribution < 1.29 is 4.92 Å². The van der Waals surface area contributed by atoms with Gasteiger partial charge >= 0.3 is 0 Å². The fourth-order valence-corrected chi connectivity index (χ4v) is 2.26. The molecule has 5 heteroatoms. The van der Waals surface area contributed by atoms with Crippen molar-refractivity contribution in [3.8, 4) is 0 Å². The summed E-state index contributed by atoms with van der Waals surface area (Å²) in [5.41, 5.74) is 0.146. The van der Waals surface area contributed by atoms with Gasteiger partial charge in [-0.1, -0.05) is 22.6 Å². The fourth-order valence-electron chi connectivity index (χ4n) is 0.727. The lowest BCUT2D eigenvalue weighted by Gasteiger charge is -1.95. The molecule has 0 aromatic heterocycles. The van der Waals surface area contributed by atoms with Gasteiger partial charge in [0, 0.05) is 17.0 Å². The summed E-state index contributed by atoms with van der Waals surface area (Å²) in [5, 5.41) is 10.3. The van der Waals surface area contributed by atoms with Gasteiger partial charge in [0.25, 0.3) is 5.69 Å². The Morgan fingerprint density at radius 3 is 2.42 bits per heavy atom. The Balaban J connectivity index is 2.78. The molecule has 0 radical (unpaired) electrons. The summed E-state index contributed by atoms with van der Waals surface area (Å²) in [4.78, 5) is 10.9. The maximum atomic E-state index is 10.3. The number of hydrogen-bond donors (Lipinski definition) is 0. The molecular formula is C7H6INO2S. The standard InChI is InChI=1S/C7H6INO2S/c8-5-12-7-3-1-6(2-4-7)9(10)11/h1-4H,5H2. The Bertz CT molecular complexity index is 275. The van der Waals surface area contributed by atoms with Crippen LogP contribution >= 0.6 is 34.4 Å². The van der Waals surface area contributed by atoms with Crippen LogP contribution in [-0.4, -0.2) is 8.68 Å². The average Bonchev–Trinajstić information content (AvgIpc) is 2.06. The summed E-state index contributed by atoms with van der Waals surface area (Å²) in [5.74, 6) is 0. The number of non-ortho nitro benzene ring substituents is 1. The van der Waals surface area contributed by atoms with Gasteiger partial charge in [0.15, 0.2) is 0 Å². The molecule has 64 valence electrons. The predicted octanol–water partition coefficient (Wildman–Crippen LogP) is 3.08. The van der Waals surface area contributed by atoms with Crippen molar-refractivity contribution >= 4 is 40.0 Å². The number of nitrogens with zero attached hydrogens (tertiary/aromatic N) is 1. The third-order valence-corrected chi connectivity index (χ3v) is 2.92. The number of rotatable bonds is 3. The summed E-state index contributed by atoms with van der Waals surface area (Å²) >= 11 is 3.90. The zero-order valence-electron chi connectivity index (χ0n) is 6.07.